The quantitative estimate of drug-likeness (QED) is 0.485. The summed E-state index contributed by atoms with van der Waals surface area (Å²) in [6.45, 7) is 4.06. The van der Waals surface area contributed by atoms with E-state index in [0.717, 1.165) is 72.4 Å². The lowest BCUT2D eigenvalue weighted by molar-refractivity contribution is 0.171. The number of hydrogen-bond acceptors (Lipinski definition) is 6. The lowest BCUT2D eigenvalue weighted by atomic mass is 9.95. The van der Waals surface area contributed by atoms with Crippen molar-refractivity contribution in [3.63, 3.8) is 0 Å². The zero-order valence-electron chi connectivity index (χ0n) is 18.3. The molecule has 2 aliphatic heterocycles. The Labute approximate surface area is 192 Å². The first-order valence-electron chi connectivity index (χ1n) is 11.5. The highest BCUT2D eigenvalue weighted by atomic mass is 16.6. The molecule has 1 fully saturated rings. The van der Waals surface area contributed by atoms with Crippen LogP contribution in [0.5, 0.6) is 11.5 Å². The Balaban J connectivity index is 1.11. The van der Waals surface area contributed by atoms with Gasteiger partial charge in [0.15, 0.2) is 17.3 Å². The summed E-state index contributed by atoms with van der Waals surface area (Å²) in [5, 5.41) is 15.1. The van der Waals surface area contributed by atoms with Gasteiger partial charge < -0.3 is 9.47 Å². The Morgan fingerprint density at radius 2 is 1.73 bits per heavy atom. The molecular weight excluding hydrogens is 416 g/mol. The van der Waals surface area contributed by atoms with Crippen molar-refractivity contribution < 1.29 is 9.47 Å². The third-order valence-electron chi connectivity index (χ3n) is 6.45. The zero-order chi connectivity index (χ0) is 22.0. The molecule has 0 saturated carbocycles. The van der Waals surface area contributed by atoms with Crippen molar-refractivity contribution in [3.05, 3.63) is 66.1 Å². The van der Waals surface area contributed by atoms with Crippen LogP contribution in [0.4, 0.5) is 0 Å². The molecule has 2 N–H and O–H groups in total. The maximum absolute atomic E-state index is 5.75. The molecule has 0 aliphatic carbocycles. The highest BCUT2D eigenvalue weighted by molar-refractivity contribution is 5.66. The fraction of sp³-hybridized carbons (Fsp3) is 0.320. The molecule has 1 saturated heterocycles. The van der Waals surface area contributed by atoms with Crippen LogP contribution in [0, 0.1) is 0 Å². The van der Waals surface area contributed by atoms with Gasteiger partial charge in [0.05, 0.1) is 11.9 Å². The Bertz CT molecular complexity index is 1230. The summed E-state index contributed by atoms with van der Waals surface area (Å²) >= 11 is 0. The van der Waals surface area contributed by atoms with E-state index in [0.29, 0.717) is 19.1 Å². The maximum atomic E-state index is 5.75. The minimum Gasteiger partial charge on any atom is -0.486 e. The summed E-state index contributed by atoms with van der Waals surface area (Å²) in [7, 11) is 0. The summed E-state index contributed by atoms with van der Waals surface area (Å²) in [5.74, 6) is 3.77. The van der Waals surface area contributed by atoms with Gasteiger partial charge in [-0.25, -0.2) is 4.98 Å². The number of rotatable bonds is 5. The van der Waals surface area contributed by atoms with Crippen LogP contribution in [0.15, 0.2) is 54.7 Å². The van der Waals surface area contributed by atoms with Crippen LogP contribution < -0.4 is 9.47 Å². The Hall–Kier alpha value is -3.65. The number of nitrogens with one attached hydrogen (secondary N) is 2. The van der Waals surface area contributed by atoms with Crippen molar-refractivity contribution in [3.8, 4) is 34.1 Å². The third-order valence-corrected chi connectivity index (χ3v) is 6.45. The number of piperidine rings is 1. The average Bonchev–Trinajstić information content (AvgIpc) is 3.55. The second kappa shape index (κ2) is 8.71. The van der Waals surface area contributed by atoms with Crippen molar-refractivity contribution in [1.82, 2.24) is 30.3 Å². The van der Waals surface area contributed by atoms with Crippen LogP contribution in [-0.4, -0.2) is 56.6 Å². The SMILES string of the molecule is c1ccc(-c2n[nH]c(C3CCN(Cc4cn[nH]c4-c4ccc5c(c4)OCCO5)CC3)n2)cc1. The highest BCUT2D eigenvalue weighted by Gasteiger charge is 2.25. The van der Waals surface area contributed by atoms with Crippen LogP contribution in [-0.2, 0) is 6.54 Å². The zero-order valence-corrected chi connectivity index (χ0v) is 18.3. The summed E-state index contributed by atoms with van der Waals surface area (Å²) in [5.41, 5.74) is 4.34. The predicted molar refractivity (Wildman–Crippen MR) is 124 cm³/mol. The van der Waals surface area contributed by atoms with Crippen LogP contribution in [0.25, 0.3) is 22.6 Å². The van der Waals surface area contributed by atoms with Crippen molar-refractivity contribution in [2.75, 3.05) is 26.3 Å². The standard InChI is InChI=1S/C25H26N6O2/c1-2-4-17(5-3-1)24-27-25(30-29-24)18-8-10-31(11-9-18)16-20-15-26-28-23(20)19-6-7-21-22(14-19)33-13-12-32-21/h1-7,14-15,18H,8-13,16H2,(H,26,28)(H,27,29,30). The van der Waals surface area contributed by atoms with Crippen LogP contribution in [0.2, 0.25) is 0 Å². The van der Waals surface area contributed by atoms with Gasteiger partial charge in [-0.3, -0.25) is 15.1 Å². The van der Waals surface area contributed by atoms with Gasteiger partial charge in [0.1, 0.15) is 19.0 Å². The van der Waals surface area contributed by atoms with Gasteiger partial charge in [-0.2, -0.15) is 10.2 Å². The minimum atomic E-state index is 0.410. The molecule has 168 valence electrons. The average molecular weight is 443 g/mol. The van der Waals surface area contributed by atoms with E-state index in [4.69, 9.17) is 14.5 Å². The van der Waals surface area contributed by atoms with Crippen LogP contribution >= 0.6 is 0 Å². The smallest absolute Gasteiger partial charge is 0.181 e. The third kappa shape index (κ3) is 4.09. The number of H-pyrrole nitrogens is 2. The van der Waals surface area contributed by atoms with E-state index < -0.39 is 0 Å². The lowest BCUT2D eigenvalue weighted by Gasteiger charge is -2.30. The van der Waals surface area contributed by atoms with E-state index in [2.05, 4.69) is 31.4 Å². The fourth-order valence-electron chi connectivity index (χ4n) is 4.66. The molecule has 2 aliphatic rings. The molecule has 0 unspecified atom stereocenters. The van der Waals surface area contributed by atoms with E-state index >= 15 is 0 Å². The topological polar surface area (TPSA) is 92.0 Å². The van der Waals surface area contributed by atoms with Gasteiger partial charge >= 0.3 is 0 Å². The summed E-state index contributed by atoms with van der Waals surface area (Å²) in [4.78, 5) is 7.26. The number of ether oxygens (including phenoxy) is 2. The first-order valence-corrected chi connectivity index (χ1v) is 11.5. The maximum Gasteiger partial charge on any atom is 0.181 e. The number of benzene rings is 2. The molecule has 4 aromatic rings. The van der Waals surface area contributed by atoms with E-state index in [-0.39, 0.29) is 0 Å². The number of aromatic amines is 2. The van der Waals surface area contributed by atoms with Crippen molar-refractivity contribution >= 4 is 0 Å². The van der Waals surface area contributed by atoms with E-state index in [1.807, 2.05) is 48.7 Å². The first-order chi connectivity index (χ1) is 16.3. The van der Waals surface area contributed by atoms with E-state index in [1.165, 1.54) is 5.56 Å². The summed E-state index contributed by atoms with van der Waals surface area (Å²) in [6, 6.07) is 16.2. The van der Waals surface area contributed by atoms with Gasteiger partial charge in [-0.1, -0.05) is 30.3 Å². The molecule has 33 heavy (non-hydrogen) atoms. The summed E-state index contributed by atoms with van der Waals surface area (Å²) < 4.78 is 11.4. The molecule has 8 nitrogen and oxygen atoms in total. The molecule has 6 rings (SSSR count). The van der Waals surface area contributed by atoms with Crippen LogP contribution in [0.1, 0.15) is 30.1 Å². The predicted octanol–water partition coefficient (Wildman–Crippen LogP) is 4.01. The van der Waals surface area contributed by atoms with Crippen molar-refractivity contribution in [2.24, 2.45) is 0 Å². The second-order valence-electron chi connectivity index (χ2n) is 8.59. The van der Waals surface area contributed by atoms with Gasteiger partial charge in [0.2, 0.25) is 0 Å². The first kappa shape index (κ1) is 20.0. The Morgan fingerprint density at radius 3 is 2.58 bits per heavy atom. The molecule has 0 bridgehead atoms. The Morgan fingerprint density at radius 1 is 0.909 bits per heavy atom. The van der Waals surface area contributed by atoms with Crippen molar-refractivity contribution in [1.29, 1.82) is 0 Å². The molecule has 8 heteroatoms. The molecule has 0 radical (unpaired) electrons. The molecule has 0 atom stereocenters. The highest BCUT2D eigenvalue weighted by Crippen LogP contribution is 2.35. The second-order valence-corrected chi connectivity index (χ2v) is 8.59. The van der Waals surface area contributed by atoms with Gasteiger partial charge in [-0.05, 0) is 44.1 Å². The molecule has 0 amide bonds. The number of likely N-dealkylation sites (tertiary alicyclic amines) is 1. The normalized spacial score (nSPS) is 16.7. The fourth-order valence-corrected chi connectivity index (χ4v) is 4.66. The van der Waals surface area contributed by atoms with Gasteiger partial charge in [0.25, 0.3) is 0 Å². The number of aromatic nitrogens is 5. The molecule has 0 spiro atoms. The Kier molecular flexibility index (Phi) is 5.28. The molecule has 2 aromatic heterocycles. The van der Waals surface area contributed by atoms with E-state index in [1.54, 1.807) is 0 Å². The summed E-state index contributed by atoms with van der Waals surface area (Å²) in [6.07, 6.45) is 4.04. The molecular formula is C25H26N6O2. The van der Waals surface area contributed by atoms with Crippen LogP contribution in [0.3, 0.4) is 0 Å². The molecule has 2 aromatic carbocycles. The number of hydrogen-bond donors (Lipinski definition) is 2. The molecule has 4 heterocycles. The van der Waals surface area contributed by atoms with Gasteiger partial charge in [-0.15, -0.1) is 0 Å². The lowest BCUT2D eigenvalue weighted by Crippen LogP contribution is -2.32. The number of nitrogens with zero attached hydrogens (tertiary/aromatic N) is 4. The minimum absolute atomic E-state index is 0.410. The largest absolute Gasteiger partial charge is 0.486 e. The van der Waals surface area contributed by atoms with Crippen molar-refractivity contribution in [2.45, 2.75) is 25.3 Å². The van der Waals surface area contributed by atoms with E-state index in [9.17, 15) is 0 Å². The van der Waals surface area contributed by atoms with Gasteiger partial charge in [0, 0.05) is 29.2 Å². The number of fused-ring (bicyclic) bond motifs is 1. The monoisotopic (exact) mass is 442 g/mol.